The molecule has 110 valence electrons. The van der Waals surface area contributed by atoms with Gasteiger partial charge in [-0.1, -0.05) is 0 Å². The first-order valence-electron chi connectivity index (χ1n) is 5.27. The summed E-state index contributed by atoms with van der Waals surface area (Å²) in [4.78, 5) is 33.2. The van der Waals surface area contributed by atoms with Crippen LogP contribution in [0.2, 0.25) is 0 Å². The number of hydrogen-bond donors (Lipinski definition) is 4. The molecule has 3 amide bonds. The highest BCUT2D eigenvalue weighted by Gasteiger charge is 2.18. The minimum absolute atomic E-state index is 0.299. The molecular weight excluding hydrogens is 268 g/mol. The molecule has 0 aromatic heterocycles. The molecule has 0 bridgehead atoms. The molecule has 0 radical (unpaired) electrons. The SMILES string of the molecule is O=C(O)CNC(=O)CNC(=O)N(CCO)CC(F)F. The van der Waals surface area contributed by atoms with Crippen LogP contribution in [0.15, 0.2) is 0 Å². The zero-order valence-corrected chi connectivity index (χ0v) is 9.94. The van der Waals surface area contributed by atoms with Gasteiger partial charge in [0, 0.05) is 6.54 Å². The highest BCUT2D eigenvalue weighted by Crippen LogP contribution is 1.98. The zero-order chi connectivity index (χ0) is 14.8. The summed E-state index contributed by atoms with van der Waals surface area (Å²) in [5.41, 5.74) is 0. The number of nitrogens with zero attached hydrogens (tertiary/aromatic N) is 1. The number of carbonyl (C=O) groups is 3. The summed E-state index contributed by atoms with van der Waals surface area (Å²) in [5, 5.41) is 20.9. The third-order valence-electron chi connectivity index (χ3n) is 1.85. The Balaban J connectivity index is 4.10. The Labute approximate surface area is 107 Å². The van der Waals surface area contributed by atoms with Gasteiger partial charge in [0.1, 0.15) is 6.54 Å². The second-order valence-corrected chi connectivity index (χ2v) is 3.39. The van der Waals surface area contributed by atoms with Gasteiger partial charge in [-0.2, -0.15) is 0 Å². The number of carbonyl (C=O) groups excluding carboxylic acids is 2. The van der Waals surface area contributed by atoms with Crippen molar-refractivity contribution < 1.29 is 33.4 Å². The lowest BCUT2D eigenvalue weighted by molar-refractivity contribution is -0.137. The first kappa shape index (κ1) is 17.0. The Kier molecular flexibility index (Phi) is 8.09. The van der Waals surface area contributed by atoms with Gasteiger partial charge >= 0.3 is 12.0 Å². The minimum Gasteiger partial charge on any atom is -0.480 e. The standard InChI is InChI=1S/C9H15F2N3O5/c10-6(11)5-14(1-2-15)9(19)13-3-7(16)12-4-8(17)18/h6,15H,1-5H2,(H,12,16)(H,13,19)(H,17,18). The van der Waals surface area contributed by atoms with Crippen LogP contribution in [0.1, 0.15) is 0 Å². The van der Waals surface area contributed by atoms with E-state index in [1.807, 2.05) is 10.6 Å². The number of carboxylic acids is 1. The second kappa shape index (κ2) is 9.03. The predicted molar refractivity (Wildman–Crippen MR) is 58.7 cm³/mol. The molecule has 0 saturated heterocycles. The normalized spacial score (nSPS) is 10.1. The Bertz CT molecular complexity index is 327. The van der Waals surface area contributed by atoms with Crippen molar-refractivity contribution in [3.63, 3.8) is 0 Å². The number of aliphatic carboxylic acids is 1. The van der Waals surface area contributed by atoms with E-state index in [1.54, 1.807) is 0 Å². The molecule has 0 saturated carbocycles. The summed E-state index contributed by atoms with van der Waals surface area (Å²) >= 11 is 0. The van der Waals surface area contributed by atoms with E-state index in [1.165, 1.54) is 0 Å². The van der Waals surface area contributed by atoms with Crippen molar-refractivity contribution in [1.82, 2.24) is 15.5 Å². The molecule has 10 heteroatoms. The van der Waals surface area contributed by atoms with Gasteiger partial charge in [-0.25, -0.2) is 13.6 Å². The smallest absolute Gasteiger partial charge is 0.322 e. The van der Waals surface area contributed by atoms with Gasteiger partial charge in [0.15, 0.2) is 0 Å². The molecule has 0 aliphatic rings. The Morgan fingerprint density at radius 2 is 1.79 bits per heavy atom. The molecule has 0 atom stereocenters. The maximum absolute atomic E-state index is 12.1. The molecule has 4 N–H and O–H groups in total. The van der Waals surface area contributed by atoms with Gasteiger partial charge < -0.3 is 25.7 Å². The Morgan fingerprint density at radius 1 is 1.16 bits per heavy atom. The largest absolute Gasteiger partial charge is 0.480 e. The van der Waals surface area contributed by atoms with E-state index in [0.29, 0.717) is 4.90 Å². The van der Waals surface area contributed by atoms with Gasteiger partial charge in [-0.05, 0) is 0 Å². The van der Waals surface area contributed by atoms with Crippen molar-refractivity contribution in [3.8, 4) is 0 Å². The summed E-state index contributed by atoms with van der Waals surface area (Å²) in [6, 6.07) is -0.945. The molecule has 0 aliphatic carbocycles. The third kappa shape index (κ3) is 8.71. The van der Waals surface area contributed by atoms with Crippen LogP contribution in [0, 0.1) is 0 Å². The Morgan fingerprint density at radius 3 is 2.26 bits per heavy atom. The quantitative estimate of drug-likeness (QED) is 0.430. The molecule has 0 rings (SSSR count). The minimum atomic E-state index is -2.77. The molecule has 0 spiro atoms. The highest BCUT2D eigenvalue weighted by molar-refractivity contribution is 5.86. The molecule has 0 fully saturated rings. The lowest BCUT2D eigenvalue weighted by Crippen LogP contribution is -2.47. The van der Waals surface area contributed by atoms with Crippen LogP contribution < -0.4 is 10.6 Å². The lowest BCUT2D eigenvalue weighted by atomic mass is 10.5. The number of hydrogen-bond acceptors (Lipinski definition) is 4. The number of halogens is 2. The molecular formula is C9H15F2N3O5. The fraction of sp³-hybridized carbons (Fsp3) is 0.667. The molecule has 0 aromatic rings. The predicted octanol–water partition coefficient (Wildman–Crippen LogP) is -1.54. The fourth-order valence-corrected chi connectivity index (χ4v) is 1.07. The average Bonchev–Trinajstić information content (AvgIpc) is 2.32. The zero-order valence-electron chi connectivity index (χ0n) is 9.94. The number of aliphatic hydroxyl groups excluding tert-OH is 1. The number of aliphatic hydroxyl groups is 1. The Hall–Kier alpha value is -1.97. The second-order valence-electron chi connectivity index (χ2n) is 3.39. The van der Waals surface area contributed by atoms with E-state index in [4.69, 9.17) is 10.2 Å². The summed E-state index contributed by atoms with van der Waals surface area (Å²) in [7, 11) is 0. The number of carboxylic acid groups (broad SMARTS) is 1. The van der Waals surface area contributed by atoms with Crippen molar-refractivity contribution in [2.75, 3.05) is 32.8 Å². The van der Waals surface area contributed by atoms with Crippen molar-refractivity contribution in [2.45, 2.75) is 6.43 Å². The van der Waals surface area contributed by atoms with Crippen molar-refractivity contribution >= 4 is 17.9 Å². The number of rotatable bonds is 8. The number of amides is 3. The maximum Gasteiger partial charge on any atom is 0.322 e. The number of nitrogens with one attached hydrogen (secondary N) is 2. The average molecular weight is 283 g/mol. The molecule has 8 nitrogen and oxygen atoms in total. The fourth-order valence-electron chi connectivity index (χ4n) is 1.07. The van der Waals surface area contributed by atoms with Crippen molar-refractivity contribution in [2.24, 2.45) is 0 Å². The summed E-state index contributed by atoms with van der Waals surface area (Å²) in [6.07, 6.45) is -2.77. The highest BCUT2D eigenvalue weighted by atomic mass is 19.3. The molecule has 0 aliphatic heterocycles. The van der Waals surface area contributed by atoms with Crippen LogP contribution in [0.3, 0.4) is 0 Å². The van der Waals surface area contributed by atoms with E-state index in [2.05, 4.69) is 0 Å². The van der Waals surface area contributed by atoms with Gasteiger partial charge in [-0.3, -0.25) is 9.59 Å². The first-order valence-corrected chi connectivity index (χ1v) is 5.27. The van der Waals surface area contributed by atoms with E-state index in [-0.39, 0.29) is 6.54 Å². The summed E-state index contributed by atoms with van der Waals surface area (Å²) < 4.78 is 24.3. The van der Waals surface area contributed by atoms with Gasteiger partial charge in [-0.15, -0.1) is 0 Å². The van der Waals surface area contributed by atoms with Crippen LogP contribution in [-0.4, -0.2) is 72.2 Å². The summed E-state index contributed by atoms with van der Waals surface area (Å²) in [5.74, 6) is -2.02. The van der Waals surface area contributed by atoms with Crippen molar-refractivity contribution in [3.05, 3.63) is 0 Å². The first-order chi connectivity index (χ1) is 8.86. The van der Waals surface area contributed by atoms with E-state index in [9.17, 15) is 23.2 Å². The summed E-state index contributed by atoms with van der Waals surface area (Å²) in [6.45, 7) is -2.81. The molecule has 19 heavy (non-hydrogen) atoms. The monoisotopic (exact) mass is 283 g/mol. The van der Waals surface area contributed by atoms with E-state index < -0.39 is 50.6 Å². The van der Waals surface area contributed by atoms with E-state index in [0.717, 1.165) is 0 Å². The van der Waals surface area contributed by atoms with Crippen LogP contribution in [-0.2, 0) is 9.59 Å². The molecule has 0 unspecified atom stereocenters. The van der Waals surface area contributed by atoms with Crippen LogP contribution in [0.4, 0.5) is 13.6 Å². The lowest BCUT2D eigenvalue weighted by Gasteiger charge is -2.21. The molecule has 0 aromatic carbocycles. The van der Waals surface area contributed by atoms with Gasteiger partial charge in [0.25, 0.3) is 6.43 Å². The van der Waals surface area contributed by atoms with Crippen LogP contribution in [0.25, 0.3) is 0 Å². The third-order valence-corrected chi connectivity index (χ3v) is 1.85. The number of alkyl halides is 2. The molecule has 0 heterocycles. The van der Waals surface area contributed by atoms with Crippen molar-refractivity contribution in [1.29, 1.82) is 0 Å². The topological polar surface area (TPSA) is 119 Å². The maximum atomic E-state index is 12.1. The van der Waals surface area contributed by atoms with Crippen LogP contribution >= 0.6 is 0 Å². The number of urea groups is 1. The van der Waals surface area contributed by atoms with Gasteiger partial charge in [0.05, 0.1) is 19.7 Å². The van der Waals surface area contributed by atoms with Crippen LogP contribution in [0.5, 0.6) is 0 Å². The van der Waals surface area contributed by atoms with Gasteiger partial charge in [0.2, 0.25) is 5.91 Å². The van der Waals surface area contributed by atoms with E-state index >= 15 is 0 Å².